The molecule has 0 saturated carbocycles. The Morgan fingerprint density at radius 1 is 1.15 bits per heavy atom. The first kappa shape index (κ1) is 18.9. The second-order valence-electron chi connectivity index (χ2n) is 6.67. The second kappa shape index (κ2) is 8.22. The molecule has 1 fully saturated rings. The predicted octanol–water partition coefficient (Wildman–Crippen LogP) is 3.15. The number of nitrogens with one attached hydrogen (secondary N) is 1. The number of carboxylic acids is 1. The van der Waals surface area contributed by atoms with Gasteiger partial charge in [-0.1, -0.05) is 30.3 Å². The summed E-state index contributed by atoms with van der Waals surface area (Å²) >= 11 is 0. The van der Waals surface area contributed by atoms with Crippen molar-refractivity contribution >= 4 is 17.6 Å². The van der Waals surface area contributed by atoms with Gasteiger partial charge in [-0.05, 0) is 49.1 Å². The van der Waals surface area contributed by atoms with Crippen LogP contribution < -0.4 is 10.1 Å². The minimum atomic E-state index is -1.03. The summed E-state index contributed by atoms with van der Waals surface area (Å²) in [4.78, 5) is 23.9. The van der Waals surface area contributed by atoms with Gasteiger partial charge in [-0.25, -0.2) is 4.79 Å². The van der Waals surface area contributed by atoms with Gasteiger partial charge in [-0.3, -0.25) is 4.79 Å². The van der Waals surface area contributed by atoms with Crippen LogP contribution in [0.2, 0.25) is 0 Å². The van der Waals surface area contributed by atoms with E-state index in [1.165, 1.54) is 0 Å². The highest BCUT2D eigenvalue weighted by molar-refractivity contribution is 5.99. The first-order valence-electron chi connectivity index (χ1n) is 8.91. The zero-order valence-electron chi connectivity index (χ0n) is 15.2. The lowest BCUT2D eigenvalue weighted by Gasteiger charge is -2.36. The van der Waals surface area contributed by atoms with Crippen LogP contribution in [0.15, 0.2) is 48.5 Å². The minimum Gasteiger partial charge on any atom is -0.482 e. The number of hydrogen-bond donors (Lipinski definition) is 2. The second-order valence-corrected chi connectivity index (χ2v) is 6.67. The third-order valence-electron chi connectivity index (χ3n) is 4.92. The quantitative estimate of drug-likeness (QED) is 0.817. The van der Waals surface area contributed by atoms with Gasteiger partial charge in [0.15, 0.2) is 6.61 Å². The standard InChI is InChI=1S/C21H23NO5/c1-15-13-17(27-14-19(23)24)7-8-18(15)22-20(25)21(9-11-26-12-10-21)16-5-3-2-4-6-16/h2-8,13H,9-12,14H2,1H3,(H,22,25)(H,23,24). The summed E-state index contributed by atoms with van der Waals surface area (Å²) < 4.78 is 10.7. The SMILES string of the molecule is Cc1cc(OCC(=O)O)ccc1NC(=O)C1(c2ccccc2)CCOCC1. The van der Waals surface area contributed by atoms with E-state index in [0.717, 1.165) is 11.1 Å². The van der Waals surface area contributed by atoms with Crippen molar-refractivity contribution in [3.8, 4) is 5.75 Å². The van der Waals surface area contributed by atoms with Gasteiger partial charge in [0.05, 0.1) is 5.41 Å². The highest BCUT2D eigenvalue weighted by atomic mass is 16.5. The molecule has 1 heterocycles. The maximum absolute atomic E-state index is 13.3. The topological polar surface area (TPSA) is 84.9 Å². The number of ether oxygens (including phenoxy) is 2. The third-order valence-corrected chi connectivity index (χ3v) is 4.92. The highest BCUT2D eigenvalue weighted by Gasteiger charge is 2.41. The summed E-state index contributed by atoms with van der Waals surface area (Å²) in [7, 11) is 0. The number of aliphatic carboxylic acids is 1. The lowest BCUT2D eigenvalue weighted by Crippen LogP contribution is -2.44. The summed E-state index contributed by atoms with van der Waals surface area (Å²) in [5, 5.41) is 11.8. The molecule has 0 aromatic heterocycles. The van der Waals surface area contributed by atoms with E-state index >= 15 is 0 Å². The van der Waals surface area contributed by atoms with Gasteiger partial charge in [-0.15, -0.1) is 0 Å². The molecule has 6 nitrogen and oxygen atoms in total. The predicted molar refractivity (Wildman–Crippen MR) is 101 cm³/mol. The van der Waals surface area contributed by atoms with Crippen LogP contribution in [0.5, 0.6) is 5.75 Å². The van der Waals surface area contributed by atoms with Crippen molar-refractivity contribution in [3.63, 3.8) is 0 Å². The van der Waals surface area contributed by atoms with E-state index in [1.807, 2.05) is 37.3 Å². The van der Waals surface area contributed by atoms with Crippen molar-refractivity contribution in [2.24, 2.45) is 0 Å². The molecule has 0 radical (unpaired) electrons. The molecule has 2 aromatic rings. The number of carboxylic acid groups (broad SMARTS) is 1. The monoisotopic (exact) mass is 369 g/mol. The number of carbonyl (C=O) groups is 2. The lowest BCUT2D eigenvalue weighted by molar-refractivity contribution is -0.139. The maximum Gasteiger partial charge on any atom is 0.341 e. The summed E-state index contributed by atoms with van der Waals surface area (Å²) in [6, 6.07) is 14.9. The molecular formula is C21H23NO5. The van der Waals surface area contributed by atoms with Crippen LogP contribution in [0, 0.1) is 6.92 Å². The van der Waals surface area contributed by atoms with E-state index in [0.29, 0.717) is 37.5 Å². The summed E-state index contributed by atoms with van der Waals surface area (Å²) in [6.45, 7) is 2.54. The number of hydrogen-bond acceptors (Lipinski definition) is 4. The van der Waals surface area contributed by atoms with E-state index in [9.17, 15) is 9.59 Å². The molecule has 1 aliphatic rings. The molecule has 1 saturated heterocycles. The number of amides is 1. The van der Waals surface area contributed by atoms with Gasteiger partial charge in [0, 0.05) is 18.9 Å². The smallest absolute Gasteiger partial charge is 0.341 e. The first-order chi connectivity index (χ1) is 13.0. The highest BCUT2D eigenvalue weighted by Crippen LogP contribution is 2.36. The van der Waals surface area contributed by atoms with Gasteiger partial charge < -0.3 is 19.9 Å². The van der Waals surface area contributed by atoms with Crippen molar-refractivity contribution in [2.45, 2.75) is 25.2 Å². The Labute approximate surface area is 158 Å². The van der Waals surface area contributed by atoms with Crippen LogP contribution in [0.3, 0.4) is 0 Å². The molecule has 2 aromatic carbocycles. The Bertz CT molecular complexity index is 813. The fraction of sp³-hybridized carbons (Fsp3) is 0.333. The average molecular weight is 369 g/mol. The Morgan fingerprint density at radius 3 is 2.48 bits per heavy atom. The van der Waals surface area contributed by atoms with Crippen molar-refractivity contribution in [3.05, 3.63) is 59.7 Å². The number of anilines is 1. The van der Waals surface area contributed by atoms with Crippen LogP contribution in [0.4, 0.5) is 5.69 Å². The van der Waals surface area contributed by atoms with Gasteiger partial charge in [0.25, 0.3) is 0 Å². The van der Waals surface area contributed by atoms with Crippen LogP contribution in [-0.2, 0) is 19.7 Å². The number of benzene rings is 2. The lowest BCUT2D eigenvalue weighted by atomic mass is 9.73. The molecule has 0 spiro atoms. The molecule has 0 atom stereocenters. The fourth-order valence-electron chi connectivity index (χ4n) is 3.38. The zero-order valence-corrected chi connectivity index (χ0v) is 15.2. The number of rotatable bonds is 6. The van der Waals surface area contributed by atoms with E-state index in [2.05, 4.69) is 5.32 Å². The maximum atomic E-state index is 13.3. The Hall–Kier alpha value is -2.86. The van der Waals surface area contributed by atoms with E-state index in [1.54, 1.807) is 18.2 Å². The molecule has 6 heteroatoms. The van der Waals surface area contributed by atoms with Crippen LogP contribution in [0.1, 0.15) is 24.0 Å². The molecule has 3 rings (SSSR count). The molecule has 0 aliphatic carbocycles. The largest absolute Gasteiger partial charge is 0.482 e. The molecular weight excluding hydrogens is 346 g/mol. The van der Waals surface area contributed by atoms with Crippen molar-refractivity contribution in [1.29, 1.82) is 0 Å². The Morgan fingerprint density at radius 2 is 1.85 bits per heavy atom. The molecule has 27 heavy (non-hydrogen) atoms. The molecule has 0 unspecified atom stereocenters. The summed E-state index contributed by atoms with van der Waals surface area (Å²) in [6.07, 6.45) is 1.25. The Kier molecular flexibility index (Phi) is 5.76. The average Bonchev–Trinajstić information content (AvgIpc) is 2.69. The molecule has 1 aliphatic heterocycles. The molecule has 0 bridgehead atoms. The minimum absolute atomic E-state index is 0.0562. The van der Waals surface area contributed by atoms with Crippen LogP contribution in [0.25, 0.3) is 0 Å². The molecule has 142 valence electrons. The van der Waals surface area contributed by atoms with E-state index < -0.39 is 18.0 Å². The third kappa shape index (κ3) is 4.28. The van der Waals surface area contributed by atoms with Crippen LogP contribution in [-0.4, -0.2) is 36.8 Å². The normalized spacial score (nSPS) is 15.7. The van der Waals surface area contributed by atoms with E-state index in [-0.39, 0.29) is 5.91 Å². The van der Waals surface area contributed by atoms with E-state index in [4.69, 9.17) is 14.6 Å². The van der Waals surface area contributed by atoms with Crippen molar-refractivity contribution < 1.29 is 24.2 Å². The van der Waals surface area contributed by atoms with Gasteiger partial charge in [-0.2, -0.15) is 0 Å². The fourth-order valence-corrected chi connectivity index (χ4v) is 3.38. The van der Waals surface area contributed by atoms with Crippen LogP contribution >= 0.6 is 0 Å². The summed E-state index contributed by atoms with van der Waals surface area (Å²) in [5.74, 6) is -0.634. The van der Waals surface area contributed by atoms with Gasteiger partial charge in [0.1, 0.15) is 5.75 Å². The molecule has 1 amide bonds. The number of carbonyl (C=O) groups excluding carboxylic acids is 1. The zero-order chi connectivity index (χ0) is 19.3. The number of aryl methyl sites for hydroxylation is 1. The summed E-state index contributed by atoms with van der Waals surface area (Å²) in [5.41, 5.74) is 1.86. The van der Waals surface area contributed by atoms with Gasteiger partial charge in [0.2, 0.25) is 5.91 Å². The van der Waals surface area contributed by atoms with Gasteiger partial charge >= 0.3 is 5.97 Å². The first-order valence-corrected chi connectivity index (χ1v) is 8.91. The van der Waals surface area contributed by atoms with Crippen molar-refractivity contribution in [2.75, 3.05) is 25.1 Å². The van der Waals surface area contributed by atoms with Crippen molar-refractivity contribution in [1.82, 2.24) is 0 Å². The Balaban J connectivity index is 1.81. The molecule has 2 N–H and O–H groups in total.